The molecule has 1 aromatic heterocycles. The van der Waals surface area contributed by atoms with Crippen molar-refractivity contribution in [2.24, 2.45) is 7.05 Å². The number of hydrogen-bond acceptors (Lipinski definition) is 4. The molecule has 0 aliphatic rings. The normalized spacial score (nSPS) is 11.5. The number of aromatic nitrogens is 2. The number of methoxy groups -OCH3 is 2. The standard InChI is InChI=1S/C15H20FN3O2/c1-15(2,16)11-6-9(10-8-18-19(3)14(10)17)12(20-4)7-13(11)21-5/h6-8H,17H2,1-5H3. The summed E-state index contributed by atoms with van der Waals surface area (Å²) in [6.07, 6.45) is 1.63. The summed E-state index contributed by atoms with van der Waals surface area (Å²) in [5.74, 6) is 1.48. The number of anilines is 1. The SMILES string of the molecule is COc1cc(OC)c(C(C)(C)F)cc1-c1cnn(C)c1N. The molecular formula is C15H20FN3O2. The molecule has 0 saturated carbocycles. The van der Waals surface area contributed by atoms with Crippen LogP contribution in [0.1, 0.15) is 19.4 Å². The molecule has 21 heavy (non-hydrogen) atoms. The van der Waals surface area contributed by atoms with Gasteiger partial charge in [-0.3, -0.25) is 4.68 Å². The predicted octanol–water partition coefficient (Wildman–Crippen LogP) is 2.89. The lowest BCUT2D eigenvalue weighted by molar-refractivity contribution is 0.213. The maximum absolute atomic E-state index is 14.4. The maximum atomic E-state index is 14.4. The molecule has 6 heteroatoms. The lowest BCUT2D eigenvalue weighted by Crippen LogP contribution is -2.11. The van der Waals surface area contributed by atoms with Gasteiger partial charge in [0.1, 0.15) is 23.0 Å². The smallest absolute Gasteiger partial charge is 0.134 e. The second-order valence-electron chi connectivity index (χ2n) is 5.29. The Bertz CT molecular complexity index is 660. The molecule has 0 aliphatic heterocycles. The van der Waals surface area contributed by atoms with Crippen LogP contribution in [0.25, 0.3) is 11.1 Å². The molecule has 114 valence electrons. The van der Waals surface area contributed by atoms with E-state index in [9.17, 15) is 4.39 Å². The highest BCUT2D eigenvalue weighted by molar-refractivity contribution is 5.80. The number of nitrogens with two attached hydrogens (primary N) is 1. The zero-order chi connectivity index (χ0) is 15.8. The number of ether oxygens (including phenoxy) is 2. The Morgan fingerprint density at radius 1 is 1.14 bits per heavy atom. The van der Waals surface area contributed by atoms with Crippen molar-refractivity contribution in [2.45, 2.75) is 19.5 Å². The van der Waals surface area contributed by atoms with Crippen LogP contribution in [-0.4, -0.2) is 24.0 Å². The third-order valence-electron chi connectivity index (χ3n) is 3.44. The molecule has 0 atom stereocenters. The van der Waals surface area contributed by atoms with Crippen LogP contribution in [0.15, 0.2) is 18.3 Å². The highest BCUT2D eigenvalue weighted by Gasteiger charge is 2.26. The molecule has 5 nitrogen and oxygen atoms in total. The molecule has 2 rings (SSSR count). The van der Waals surface area contributed by atoms with Gasteiger partial charge in [0.05, 0.1) is 20.4 Å². The van der Waals surface area contributed by atoms with Crippen LogP contribution in [0.4, 0.5) is 10.2 Å². The van der Waals surface area contributed by atoms with E-state index in [1.807, 2.05) is 0 Å². The molecule has 0 spiro atoms. The summed E-state index contributed by atoms with van der Waals surface area (Å²) >= 11 is 0. The Morgan fingerprint density at radius 3 is 2.19 bits per heavy atom. The molecule has 0 radical (unpaired) electrons. The van der Waals surface area contributed by atoms with E-state index in [0.29, 0.717) is 34.0 Å². The Morgan fingerprint density at radius 2 is 1.76 bits per heavy atom. The summed E-state index contributed by atoms with van der Waals surface area (Å²) in [6, 6.07) is 3.36. The van der Waals surface area contributed by atoms with Crippen LogP contribution in [-0.2, 0) is 12.7 Å². The lowest BCUT2D eigenvalue weighted by atomic mass is 9.94. The topological polar surface area (TPSA) is 62.3 Å². The molecule has 0 saturated heterocycles. The van der Waals surface area contributed by atoms with Crippen molar-refractivity contribution in [3.05, 3.63) is 23.9 Å². The first-order valence-corrected chi connectivity index (χ1v) is 6.52. The minimum atomic E-state index is -1.55. The van der Waals surface area contributed by atoms with Gasteiger partial charge in [0, 0.05) is 29.8 Å². The van der Waals surface area contributed by atoms with Crippen molar-refractivity contribution in [1.82, 2.24) is 9.78 Å². The van der Waals surface area contributed by atoms with Crippen molar-refractivity contribution in [3.63, 3.8) is 0 Å². The van der Waals surface area contributed by atoms with E-state index >= 15 is 0 Å². The zero-order valence-corrected chi connectivity index (χ0v) is 12.9. The number of nitrogens with zero attached hydrogens (tertiary/aromatic N) is 2. The molecule has 2 aromatic rings. The van der Waals surface area contributed by atoms with Crippen LogP contribution < -0.4 is 15.2 Å². The summed E-state index contributed by atoms with van der Waals surface area (Å²) in [5, 5.41) is 4.11. The average Bonchev–Trinajstić information content (AvgIpc) is 2.76. The van der Waals surface area contributed by atoms with E-state index in [4.69, 9.17) is 15.2 Å². The van der Waals surface area contributed by atoms with Gasteiger partial charge >= 0.3 is 0 Å². The number of alkyl halides is 1. The minimum Gasteiger partial charge on any atom is -0.496 e. The van der Waals surface area contributed by atoms with Gasteiger partial charge in [-0.05, 0) is 19.9 Å². The average molecular weight is 293 g/mol. The first-order valence-electron chi connectivity index (χ1n) is 6.52. The lowest BCUT2D eigenvalue weighted by Gasteiger charge is -2.21. The van der Waals surface area contributed by atoms with E-state index in [1.54, 1.807) is 37.2 Å². The molecule has 2 N–H and O–H groups in total. The van der Waals surface area contributed by atoms with Crippen molar-refractivity contribution < 1.29 is 13.9 Å². The van der Waals surface area contributed by atoms with Gasteiger partial charge in [-0.25, -0.2) is 4.39 Å². The number of benzene rings is 1. The van der Waals surface area contributed by atoms with Crippen molar-refractivity contribution in [2.75, 3.05) is 20.0 Å². The van der Waals surface area contributed by atoms with E-state index in [2.05, 4.69) is 5.10 Å². The summed E-state index contributed by atoms with van der Waals surface area (Å²) in [6.45, 7) is 2.96. The summed E-state index contributed by atoms with van der Waals surface area (Å²) < 4.78 is 26.6. The fourth-order valence-corrected chi connectivity index (χ4v) is 2.23. The van der Waals surface area contributed by atoms with Crippen LogP contribution >= 0.6 is 0 Å². The van der Waals surface area contributed by atoms with Crippen LogP contribution in [0.5, 0.6) is 11.5 Å². The fraction of sp³-hybridized carbons (Fsp3) is 0.400. The van der Waals surface area contributed by atoms with Crippen LogP contribution in [0.2, 0.25) is 0 Å². The molecule has 0 bridgehead atoms. The van der Waals surface area contributed by atoms with E-state index in [1.165, 1.54) is 21.0 Å². The number of hydrogen-bond donors (Lipinski definition) is 1. The Balaban J connectivity index is 2.73. The van der Waals surface area contributed by atoms with Gasteiger partial charge in [0.15, 0.2) is 0 Å². The molecule has 1 heterocycles. The summed E-state index contributed by atoms with van der Waals surface area (Å²) in [5.41, 5.74) is 6.27. The van der Waals surface area contributed by atoms with E-state index in [0.717, 1.165) is 0 Å². The number of halogens is 1. The Hall–Kier alpha value is -2.24. The number of nitrogen functional groups attached to an aromatic ring is 1. The first kappa shape index (κ1) is 15.2. The monoisotopic (exact) mass is 293 g/mol. The zero-order valence-electron chi connectivity index (χ0n) is 12.9. The molecule has 1 aromatic carbocycles. The molecule has 0 unspecified atom stereocenters. The Kier molecular flexibility index (Phi) is 3.80. The fourth-order valence-electron chi connectivity index (χ4n) is 2.23. The Labute approximate surface area is 123 Å². The molecule has 0 aliphatic carbocycles. The minimum absolute atomic E-state index is 0.434. The second-order valence-corrected chi connectivity index (χ2v) is 5.29. The van der Waals surface area contributed by atoms with Gasteiger partial charge in [0.2, 0.25) is 0 Å². The summed E-state index contributed by atoms with van der Waals surface area (Å²) in [7, 11) is 4.79. The molecular weight excluding hydrogens is 273 g/mol. The number of aryl methyl sites for hydroxylation is 1. The maximum Gasteiger partial charge on any atom is 0.134 e. The molecule has 0 amide bonds. The predicted molar refractivity (Wildman–Crippen MR) is 80.3 cm³/mol. The van der Waals surface area contributed by atoms with Gasteiger partial charge in [0.25, 0.3) is 0 Å². The van der Waals surface area contributed by atoms with Gasteiger partial charge in [-0.15, -0.1) is 0 Å². The van der Waals surface area contributed by atoms with Crippen molar-refractivity contribution >= 4 is 5.82 Å². The second kappa shape index (κ2) is 5.27. The first-order chi connectivity index (χ1) is 9.79. The van der Waals surface area contributed by atoms with Crippen molar-refractivity contribution in [1.29, 1.82) is 0 Å². The quantitative estimate of drug-likeness (QED) is 0.941. The van der Waals surface area contributed by atoms with Gasteiger partial charge in [-0.2, -0.15) is 5.10 Å². The number of rotatable bonds is 4. The van der Waals surface area contributed by atoms with Crippen LogP contribution in [0.3, 0.4) is 0 Å². The van der Waals surface area contributed by atoms with E-state index in [-0.39, 0.29) is 0 Å². The van der Waals surface area contributed by atoms with Crippen molar-refractivity contribution in [3.8, 4) is 22.6 Å². The summed E-state index contributed by atoms with van der Waals surface area (Å²) in [4.78, 5) is 0. The molecule has 0 fully saturated rings. The van der Waals surface area contributed by atoms with Gasteiger partial charge < -0.3 is 15.2 Å². The third-order valence-corrected chi connectivity index (χ3v) is 3.44. The van der Waals surface area contributed by atoms with Crippen LogP contribution in [0, 0.1) is 0 Å². The van der Waals surface area contributed by atoms with Gasteiger partial charge in [-0.1, -0.05) is 0 Å². The largest absolute Gasteiger partial charge is 0.496 e. The highest BCUT2D eigenvalue weighted by atomic mass is 19.1. The third kappa shape index (κ3) is 2.66. The highest BCUT2D eigenvalue weighted by Crippen LogP contribution is 2.42. The van der Waals surface area contributed by atoms with E-state index < -0.39 is 5.67 Å².